The van der Waals surface area contributed by atoms with Gasteiger partial charge in [-0.2, -0.15) is 0 Å². The molecule has 4 heteroatoms. The Labute approximate surface area is 95.2 Å². The van der Waals surface area contributed by atoms with Crippen LogP contribution in [0.3, 0.4) is 0 Å². The molecule has 0 saturated heterocycles. The first kappa shape index (κ1) is 12.5. The maximum Gasteiger partial charge on any atom is 0.339 e. The van der Waals surface area contributed by atoms with E-state index in [1.807, 2.05) is 12.1 Å². The second-order valence-corrected chi connectivity index (χ2v) is 3.45. The Morgan fingerprint density at radius 2 is 2.25 bits per heavy atom. The number of aliphatic hydroxyl groups is 1. The molecule has 0 radical (unpaired) electrons. The average Bonchev–Trinajstić information content (AvgIpc) is 2.35. The molecule has 0 heterocycles. The van der Waals surface area contributed by atoms with Crippen LogP contribution in [0.5, 0.6) is 0 Å². The number of methoxy groups -OCH3 is 1. The lowest BCUT2D eigenvalue weighted by Gasteiger charge is -2.09. The highest BCUT2D eigenvalue weighted by molar-refractivity contribution is 5.95. The van der Waals surface area contributed by atoms with Crippen molar-refractivity contribution < 1.29 is 14.6 Å². The molecule has 0 amide bonds. The minimum Gasteiger partial charge on any atom is -0.465 e. The quantitative estimate of drug-likeness (QED) is 0.742. The average molecular weight is 223 g/mol. The summed E-state index contributed by atoms with van der Waals surface area (Å²) < 4.78 is 4.71. The number of hydrogen-bond donors (Lipinski definition) is 2. The van der Waals surface area contributed by atoms with Gasteiger partial charge in [0.1, 0.15) is 0 Å². The number of anilines is 1. The molecule has 0 saturated carbocycles. The number of hydrogen-bond acceptors (Lipinski definition) is 4. The Morgan fingerprint density at radius 3 is 2.81 bits per heavy atom. The summed E-state index contributed by atoms with van der Waals surface area (Å²) in [6.45, 7) is 0.154. The highest BCUT2D eigenvalue weighted by Gasteiger charge is 2.11. The lowest BCUT2D eigenvalue weighted by molar-refractivity contribution is 0.0601. The fraction of sp³-hybridized carbons (Fsp3) is 0.417. The third-order valence-corrected chi connectivity index (χ3v) is 2.38. The Kier molecular flexibility index (Phi) is 4.79. The highest BCUT2D eigenvalue weighted by Crippen LogP contribution is 2.18. The number of esters is 1. The second kappa shape index (κ2) is 6.12. The zero-order chi connectivity index (χ0) is 12.0. The molecule has 0 aliphatic rings. The topological polar surface area (TPSA) is 58.6 Å². The maximum atomic E-state index is 11.5. The monoisotopic (exact) mass is 223 g/mol. The van der Waals surface area contributed by atoms with Crippen LogP contribution >= 0.6 is 0 Å². The third kappa shape index (κ3) is 2.97. The predicted molar refractivity (Wildman–Crippen MR) is 62.7 cm³/mol. The largest absolute Gasteiger partial charge is 0.465 e. The molecule has 0 unspecified atom stereocenters. The maximum absolute atomic E-state index is 11.5. The normalized spacial score (nSPS) is 9.94. The minimum absolute atomic E-state index is 0.154. The van der Waals surface area contributed by atoms with E-state index in [1.54, 1.807) is 13.1 Å². The summed E-state index contributed by atoms with van der Waals surface area (Å²) in [6.07, 6.45) is 1.45. The Balaban J connectivity index is 2.96. The van der Waals surface area contributed by atoms with Crippen LogP contribution in [0.2, 0.25) is 0 Å². The summed E-state index contributed by atoms with van der Waals surface area (Å²) in [5.41, 5.74) is 2.30. The van der Waals surface area contributed by atoms with E-state index in [-0.39, 0.29) is 12.6 Å². The lowest BCUT2D eigenvalue weighted by atomic mass is 10.0. The summed E-state index contributed by atoms with van der Waals surface area (Å²) in [6, 6.07) is 5.58. The molecule has 4 nitrogen and oxygen atoms in total. The fourth-order valence-electron chi connectivity index (χ4n) is 1.53. The summed E-state index contributed by atoms with van der Waals surface area (Å²) in [5, 5.41) is 11.7. The standard InChI is InChI=1S/C12H17NO3/c1-13-11-6-5-9(4-3-7-14)8-10(11)12(15)16-2/h5-6,8,13-14H,3-4,7H2,1-2H3. The molecule has 0 aliphatic heterocycles. The number of aryl methyl sites for hydroxylation is 1. The summed E-state index contributed by atoms with van der Waals surface area (Å²) in [5.74, 6) is -0.352. The predicted octanol–water partition coefficient (Wildman–Crippen LogP) is 1.44. The van der Waals surface area contributed by atoms with Crippen LogP contribution in [-0.2, 0) is 11.2 Å². The van der Waals surface area contributed by atoms with Crippen molar-refractivity contribution in [2.45, 2.75) is 12.8 Å². The zero-order valence-corrected chi connectivity index (χ0v) is 9.62. The van der Waals surface area contributed by atoms with E-state index in [0.717, 1.165) is 17.7 Å². The number of nitrogens with one attached hydrogen (secondary N) is 1. The molecule has 2 N–H and O–H groups in total. The molecule has 0 spiro atoms. The fourth-order valence-corrected chi connectivity index (χ4v) is 1.53. The number of rotatable bonds is 5. The summed E-state index contributed by atoms with van der Waals surface area (Å²) in [4.78, 5) is 11.5. The van der Waals surface area contributed by atoms with Gasteiger partial charge in [-0.25, -0.2) is 4.79 Å². The van der Waals surface area contributed by atoms with Gasteiger partial charge in [-0.05, 0) is 30.5 Å². The van der Waals surface area contributed by atoms with Gasteiger partial charge in [0.15, 0.2) is 0 Å². The van der Waals surface area contributed by atoms with Crippen LogP contribution in [-0.4, -0.2) is 31.8 Å². The first-order valence-corrected chi connectivity index (χ1v) is 5.22. The molecule has 1 aromatic carbocycles. The van der Waals surface area contributed by atoms with Gasteiger partial charge in [0.05, 0.1) is 12.7 Å². The van der Waals surface area contributed by atoms with E-state index in [0.29, 0.717) is 12.0 Å². The van der Waals surface area contributed by atoms with Gasteiger partial charge in [-0.15, -0.1) is 0 Å². The van der Waals surface area contributed by atoms with Crippen LogP contribution < -0.4 is 5.32 Å². The highest BCUT2D eigenvalue weighted by atomic mass is 16.5. The summed E-state index contributed by atoms with van der Waals surface area (Å²) >= 11 is 0. The zero-order valence-electron chi connectivity index (χ0n) is 9.62. The van der Waals surface area contributed by atoms with E-state index in [4.69, 9.17) is 9.84 Å². The Hall–Kier alpha value is -1.55. The Morgan fingerprint density at radius 1 is 1.50 bits per heavy atom. The Bertz CT molecular complexity index is 363. The molecule has 1 aromatic rings. The van der Waals surface area contributed by atoms with Gasteiger partial charge < -0.3 is 15.2 Å². The van der Waals surface area contributed by atoms with E-state index < -0.39 is 0 Å². The number of aliphatic hydroxyl groups excluding tert-OH is 1. The van der Waals surface area contributed by atoms with Crippen LogP contribution in [0.25, 0.3) is 0 Å². The van der Waals surface area contributed by atoms with Crippen LogP contribution in [0.1, 0.15) is 22.3 Å². The van der Waals surface area contributed by atoms with Gasteiger partial charge in [-0.1, -0.05) is 6.07 Å². The first-order chi connectivity index (χ1) is 7.72. The third-order valence-electron chi connectivity index (χ3n) is 2.38. The van der Waals surface area contributed by atoms with Crippen LogP contribution in [0.4, 0.5) is 5.69 Å². The summed E-state index contributed by atoms with van der Waals surface area (Å²) in [7, 11) is 3.12. The van der Waals surface area contributed by atoms with E-state index in [2.05, 4.69) is 5.32 Å². The van der Waals surface area contributed by atoms with Gasteiger partial charge >= 0.3 is 5.97 Å². The van der Waals surface area contributed by atoms with Crippen molar-refractivity contribution in [3.8, 4) is 0 Å². The van der Waals surface area contributed by atoms with E-state index in [1.165, 1.54) is 7.11 Å². The number of benzene rings is 1. The van der Waals surface area contributed by atoms with Gasteiger partial charge in [0, 0.05) is 19.3 Å². The van der Waals surface area contributed by atoms with Crippen molar-refractivity contribution in [2.75, 3.05) is 26.1 Å². The molecule has 0 aliphatic carbocycles. The van der Waals surface area contributed by atoms with Crippen LogP contribution in [0.15, 0.2) is 18.2 Å². The number of carbonyl (C=O) groups is 1. The van der Waals surface area contributed by atoms with Crippen molar-refractivity contribution in [3.63, 3.8) is 0 Å². The molecule has 0 bridgehead atoms. The van der Waals surface area contributed by atoms with E-state index >= 15 is 0 Å². The van der Waals surface area contributed by atoms with Crippen molar-refractivity contribution in [3.05, 3.63) is 29.3 Å². The van der Waals surface area contributed by atoms with Gasteiger partial charge in [-0.3, -0.25) is 0 Å². The number of carbonyl (C=O) groups excluding carboxylic acids is 1. The lowest BCUT2D eigenvalue weighted by Crippen LogP contribution is -2.06. The molecule has 1 rings (SSSR count). The number of ether oxygens (including phenoxy) is 1. The van der Waals surface area contributed by atoms with Gasteiger partial charge in [0.2, 0.25) is 0 Å². The van der Waals surface area contributed by atoms with Crippen molar-refractivity contribution in [1.82, 2.24) is 0 Å². The smallest absolute Gasteiger partial charge is 0.339 e. The first-order valence-electron chi connectivity index (χ1n) is 5.22. The van der Waals surface area contributed by atoms with E-state index in [9.17, 15) is 4.79 Å². The second-order valence-electron chi connectivity index (χ2n) is 3.45. The SMILES string of the molecule is CNc1ccc(CCCO)cc1C(=O)OC. The molecule has 0 atom stereocenters. The van der Waals surface area contributed by atoms with Crippen molar-refractivity contribution in [2.24, 2.45) is 0 Å². The molecular weight excluding hydrogens is 206 g/mol. The molecule has 0 fully saturated rings. The van der Waals surface area contributed by atoms with Crippen molar-refractivity contribution in [1.29, 1.82) is 0 Å². The van der Waals surface area contributed by atoms with Gasteiger partial charge in [0.25, 0.3) is 0 Å². The molecule has 0 aromatic heterocycles. The molecule has 88 valence electrons. The van der Waals surface area contributed by atoms with Crippen molar-refractivity contribution >= 4 is 11.7 Å². The molecular formula is C12H17NO3. The molecule has 16 heavy (non-hydrogen) atoms. The van der Waals surface area contributed by atoms with Crippen LogP contribution in [0, 0.1) is 0 Å². The minimum atomic E-state index is -0.352.